The maximum absolute atomic E-state index is 13.0. The van der Waals surface area contributed by atoms with Crippen LogP contribution in [0.25, 0.3) is 0 Å². The summed E-state index contributed by atoms with van der Waals surface area (Å²) in [5.41, 5.74) is 0.127. The van der Waals surface area contributed by atoms with Gasteiger partial charge in [0, 0.05) is 11.5 Å². The molecule has 0 atom stereocenters. The summed E-state index contributed by atoms with van der Waals surface area (Å²) in [5.74, 6) is 3.71. The van der Waals surface area contributed by atoms with Gasteiger partial charge in [0.25, 0.3) is 0 Å². The Kier molecular flexibility index (Phi) is 2.78. The Bertz CT molecular complexity index is 434. The number of carbonyl (C=O) groups excluding carboxylic acids is 1. The standard InChI is InChI=1S/C10H4FNO/c11-10-5-1-3-8(7-13)9(10)4-2-6-12/h1,3,5,7H. The van der Waals surface area contributed by atoms with E-state index < -0.39 is 5.82 Å². The SMILES string of the molecule is N#CC#Cc1c(F)cccc1C=O. The second-order valence-corrected chi connectivity index (χ2v) is 2.18. The summed E-state index contributed by atoms with van der Waals surface area (Å²) >= 11 is 0. The van der Waals surface area contributed by atoms with Crippen LogP contribution in [0.1, 0.15) is 15.9 Å². The zero-order chi connectivity index (χ0) is 9.68. The van der Waals surface area contributed by atoms with Crippen LogP contribution in [0.15, 0.2) is 18.2 Å². The molecule has 0 aliphatic heterocycles. The fraction of sp³-hybridized carbons (Fsp3) is 0. The Morgan fingerprint density at radius 1 is 1.46 bits per heavy atom. The molecular weight excluding hydrogens is 169 g/mol. The summed E-state index contributed by atoms with van der Waals surface area (Å²) < 4.78 is 13.0. The van der Waals surface area contributed by atoms with Crippen LogP contribution < -0.4 is 0 Å². The molecule has 0 bridgehead atoms. The van der Waals surface area contributed by atoms with Crippen molar-refractivity contribution in [2.24, 2.45) is 0 Å². The molecule has 0 saturated carbocycles. The highest BCUT2D eigenvalue weighted by Crippen LogP contribution is 2.09. The Balaban J connectivity index is 3.33. The molecule has 13 heavy (non-hydrogen) atoms. The molecule has 3 heteroatoms. The van der Waals surface area contributed by atoms with Gasteiger partial charge in [-0.05, 0) is 12.0 Å². The Morgan fingerprint density at radius 2 is 2.23 bits per heavy atom. The summed E-state index contributed by atoms with van der Waals surface area (Å²) in [5, 5.41) is 8.15. The molecule has 0 aliphatic rings. The fourth-order valence-electron chi connectivity index (χ4n) is 0.861. The second-order valence-electron chi connectivity index (χ2n) is 2.18. The van der Waals surface area contributed by atoms with Gasteiger partial charge in [-0.15, -0.1) is 0 Å². The zero-order valence-electron chi connectivity index (χ0n) is 6.54. The van der Waals surface area contributed by atoms with E-state index in [4.69, 9.17) is 5.26 Å². The average Bonchev–Trinajstić information content (AvgIpc) is 2.15. The maximum Gasteiger partial charge on any atom is 0.152 e. The van der Waals surface area contributed by atoms with Gasteiger partial charge in [0.05, 0.1) is 5.56 Å². The molecular formula is C10H4FNO. The largest absolute Gasteiger partial charge is 0.298 e. The molecule has 0 aliphatic carbocycles. The minimum Gasteiger partial charge on any atom is -0.298 e. The maximum atomic E-state index is 13.0. The highest BCUT2D eigenvalue weighted by molar-refractivity contribution is 5.79. The van der Waals surface area contributed by atoms with Crippen molar-refractivity contribution in [1.82, 2.24) is 0 Å². The highest BCUT2D eigenvalue weighted by atomic mass is 19.1. The number of hydrogen-bond acceptors (Lipinski definition) is 2. The van der Waals surface area contributed by atoms with E-state index in [2.05, 4.69) is 5.92 Å². The van der Waals surface area contributed by atoms with Crippen LogP contribution in [-0.2, 0) is 0 Å². The molecule has 0 spiro atoms. The van der Waals surface area contributed by atoms with Crippen LogP contribution in [0.4, 0.5) is 4.39 Å². The molecule has 0 aromatic heterocycles. The van der Waals surface area contributed by atoms with Crippen LogP contribution in [0.2, 0.25) is 0 Å². The van der Waals surface area contributed by atoms with E-state index in [1.807, 2.05) is 5.92 Å². The van der Waals surface area contributed by atoms with E-state index in [0.717, 1.165) is 0 Å². The first kappa shape index (κ1) is 8.96. The van der Waals surface area contributed by atoms with Crippen LogP contribution in [-0.4, -0.2) is 6.29 Å². The van der Waals surface area contributed by atoms with Gasteiger partial charge < -0.3 is 0 Å². The van der Waals surface area contributed by atoms with Gasteiger partial charge >= 0.3 is 0 Å². The van der Waals surface area contributed by atoms with Crippen LogP contribution >= 0.6 is 0 Å². The van der Waals surface area contributed by atoms with Crippen molar-refractivity contribution in [2.75, 3.05) is 0 Å². The summed E-state index contributed by atoms with van der Waals surface area (Å²) in [6, 6.07) is 5.60. The number of hydrogen-bond donors (Lipinski definition) is 0. The minimum absolute atomic E-state index is 0.0287. The summed E-state index contributed by atoms with van der Waals surface area (Å²) in [4.78, 5) is 10.4. The van der Waals surface area contributed by atoms with E-state index in [1.54, 1.807) is 6.07 Å². The van der Waals surface area contributed by atoms with Crippen LogP contribution in [0, 0.1) is 29.0 Å². The van der Waals surface area contributed by atoms with Gasteiger partial charge in [-0.2, -0.15) is 5.26 Å². The molecule has 62 valence electrons. The zero-order valence-corrected chi connectivity index (χ0v) is 6.54. The third kappa shape index (κ3) is 1.91. The van der Waals surface area contributed by atoms with Crippen molar-refractivity contribution in [3.63, 3.8) is 0 Å². The molecule has 1 aromatic carbocycles. The quantitative estimate of drug-likeness (QED) is 0.477. The van der Waals surface area contributed by atoms with Crippen molar-refractivity contribution in [1.29, 1.82) is 5.26 Å². The van der Waals surface area contributed by atoms with Crippen LogP contribution in [0.5, 0.6) is 0 Å². The molecule has 2 nitrogen and oxygen atoms in total. The molecule has 0 heterocycles. The van der Waals surface area contributed by atoms with Crippen molar-refractivity contribution in [2.45, 2.75) is 0 Å². The molecule has 0 radical (unpaired) electrons. The number of nitrogens with zero attached hydrogens (tertiary/aromatic N) is 1. The van der Waals surface area contributed by atoms with Crippen molar-refractivity contribution in [3.05, 3.63) is 35.1 Å². The Hall–Kier alpha value is -2.13. The summed E-state index contributed by atoms with van der Waals surface area (Å²) in [6.45, 7) is 0. The number of aldehydes is 1. The number of nitriles is 1. The lowest BCUT2D eigenvalue weighted by molar-refractivity contribution is 0.112. The second kappa shape index (κ2) is 4.04. The van der Waals surface area contributed by atoms with E-state index in [-0.39, 0.29) is 11.1 Å². The topological polar surface area (TPSA) is 40.9 Å². The van der Waals surface area contributed by atoms with E-state index in [1.165, 1.54) is 18.2 Å². The van der Waals surface area contributed by atoms with Gasteiger partial charge in [-0.25, -0.2) is 4.39 Å². The first-order valence-electron chi connectivity index (χ1n) is 3.43. The third-order valence-electron chi connectivity index (χ3n) is 1.42. The van der Waals surface area contributed by atoms with E-state index in [9.17, 15) is 9.18 Å². The van der Waals surface area contributed by atoms with Crippen molar-refractivity contribution in [3.8, 4) is 17.9 Å². The lowest BCUT2D eigenvalue weighted by Crippen LogP contribution is -1.91. The molecule has 0 fully saturated rings. The Labute approximate surface area is 74.6 Å². The van der Waals surface area contributed by atoms with E-state index >= 15 is 0 Å². The van der Waals surface area contributed by atoms with Crippen molar-refractivity contribution >= 4 is 6.29 Å². The number of carbonyl (C=O) groups is 1. The van der Waals surface area contributed by atoms with Crippen molar-refractivity contribution < 1.29 is 9.18 Å². The average molecular weight is 173 g/mol. The first-order valence-corrected chi connectivity index (χ1v) is 3.43. The number of halogens is 1. The van der Waals surface area contributed by atoms with E-state index in [0.29, 0.717) is 6.29 Å². The third-order valence-corrected chi connectivity index (χ3v) is 1.42. The molecule has 0 saturated heterocycles. The monoisotopic (exact) mass is 173 g/mol. The van der Waals surface area contributed by atoms with Crippen LogP contribution in [0.3, 0.4) is 0 Å². The highest BCUT2D eigenvalue weighted by Gasteiger charge is 2.03. The molecule has 1 aromatic rings. The minimum atomic E-state index is -0.590. The van der Waals surface area contributed by atoms with Gasteiger partial charge in [0.15, 0.2) is 12.4 Å². The predicted octanol–water partition coefficient (Wildman–Crippen LogP) is 1.51. The predicted molar refractivity (Wildman–Crippen MR) is 44.3 cm³/mol. The lowest BCUT2D eigenvalue weighted by Gasteiger charge is -1.96. The van der Waals surface area contributed by atoms with Gasteiger partial charge in [0.1, 0.15) is 5.82 Å². The lowest BCUT2D eigenvalue weighted by atomic mass is 10.1. The molecule has 0 amide bonds. The van der Waals surface area contributed by atoms with Gasteiger partial charge in [-0.3, -0.25) is 4.79 Å². The Morgan fingerprint density at radius 3 is 2.85 bits per heavy atom. The smallest absolute Gasteiger partial charge is 0.152 e. The first-order chi connectivity index (χ1) is 6.29. The number of benzene rings is 1. The molecule has 0 N–H and O–H groups in total. The fourth-order valence-corrected chi connectivity index (χ4v) is 0.861. The summed E-state index contributed by atoms with van der Waals surface area (Å²) in [7, 11) is 0. The summed E-state index contributed by atoms with van der Waals surface area (Å²) in [6.07, 6.45) is 0.504. The van der Waals surface area contributed by atoms with Gasteiger partial charge in [0.2, 0.25) is 0 Å². The number of rotatable bonds is 1. The normalized spacial score (nSPS) is 8.00. The molecule has 1 rings (SSSR count). The molecule has 0 unspecified atom stereocenters. The van der Waals surface area contributed by atoms with Gasteiger partial charge in [-0.1, -0.05) is 12.1 Å².